The summed E-state index contributed by atoms with van der Waals surface area (Å²) < 4.78 is 43.1. The standard InChI is InChI=1S/C15H18F3NO2/c1-10-8-19(14(2,3)9-21-10)13(20)11-4-6-12(7-5-11)15(16,17)18/h4-7,10H,8-9H2,1-3H3. The molecule has 1 aliphatic rings. The van der Waals surface area contributed by atoms with Crippen LogP contribution in [0.3, 0.4) is 0 Å². The second kappa shape index (κ2) is 5.33. The number of halogens is 3. The molecule has 1 aromatic carbocycles. The molecular weight excluding hydrogens is 283 g/mol. The van der Waals surface area contributed by atoms with Gasteiger partial charge in [-0.1, -0.05) is 0 Å². The van der Waals surface area contributed by atoms with E-state index in [2.05, 4.69) is 0 Å². The van der Waals surface area contributed by atoms with E-state index in [0.717, 1.165) is 12.1 Å². The van der Waals surface area contributed by atoms with Crippen molar-refractivity contribution in [3.05, 3.63) is 35.4 Å². The Morgan fingerprint density at radius 3 is 2.38 bits per heavy atom. The van der Waals surface area contributed by atoms with Crippen molar-refractivity contribution in [2.75, 3.05) is 13.2 Å². The van der Waals surface area contributed by atoms with Gasteiger partial charge in [-0.2, -0.15) is 13.2 Å². The summed E-state index contributed by atoms with van der Waals surface area (Å²) >= 11 is 0. The lowest BCUT2D eigenvalue weighted by atomic mass is 9.99. The minimum absolute atomic E-state index is 0.0866. The third-order valence-electron chi connectivity index (χ3n) is 3.60. The van der Waals surface area contributed by atoms with E-state index in [4.69, 9.17) is 4.74 Å². The molecule has 1 atom stereocenters. The van der Waals surface area contributed by atoms with Crippen LogP contribution in [0.4, 0.5) is 13.2 Å². The van der Waals surface area contributed by atoms with Crippen LogP contribution in [-0.4, -0.2) is 35.6 Å². The largest absolute Gasteiger partial charge is 0.416 e. The first-order valence-electron chi connectivity index (χ1n) is 6.72. The van der Waals surface area contributed by atoms with Gasteiger partial charge in [0.1, 0.15) is 0 Å². The summed E-state index contributed by atoms with van der Waals surface area (Å²) in [5.41, 5.74) is -0.981. The van der Waals surface area contributed by atoms with Gasteiger partial charge in [0.25, 0.3) is 5.91 Å². The topological polar surface area (TPSA) is 29.5 Å². The highest BCUT2D eigenvalue weighted by atomic mass is 19.4. The Kier molecular flexibility index (Phi) is 4.02. The van der Waals surface area contributed by atoms with Crippen LogP contribution in [0.15, 0.2) is 24.3 Å². The number of rotatable bonds is 1. The smallest absolute Gasteiger partial charge is 0.374 e. The lowest BCUT2D eigenvalue weighted by molar-refractivity contribution is -0.137. The fraction of sp³-hybridized carbons (Fsp3) is 0.533. The molecule has 0 aromatic heterocycles. The number of nitrogens with zero attached hydrogens (tertiary/aromatic N) is 1. The summed E-state index contributed by atoms with van der Waals surface area (Å²) in [4.78, 5) is 14.2. The minimum Gasteiger partial charge on any atom is -0.374 e. The Hall–Kier alpha value is -1.56. The average Bonchev–Trinajstić information content (AvgIpc) is 2.40. The normalized spacial score (nSPS) is 22.2. The zero-order valence-electron chi connectivity index (χ0n) is 12.2. The van der Waals surface area contributed by atoms with Crippen molar-refractivity contribution >= 4 is 5.91 Å². The molecule has 3 nitrogen and oxygen atoms in total. The molecule has 1 amide bonds. The minimum atomic E-state index is -4.39. The molecule has 0 aliphatic carbocycles. The number of benzene rings is 1. The number of carbonyl (C=O) groups excluding carboxylic acids is 1. The van der Waals surface area contributed by atoms with E-state index >= 15 is 0 Å². The van der Waals surface area contributed by atoms with Crippen molar-refractivity contribution in [3.63, 3.8) is 0 Å². The van der Waals surface area contributed by atoms with Gasteiger partial charge in [0.2, 0.25) is 0 Å². The molecule has 1 unspecified atom stereocenters. The van der Waals surface area contributed by atoms with Gasteiger partial charge in [-0.3, -0.25) is 4.79 Å². The van der Waals surface area contributed by atoms with E-state index in [0.29, 0.717) is 13.2 Å². The predicted molar refractivity (Wildman–Crippen MR) is 72.0 cm³/mol. The molecule has 2 rings (SSSR count). The molecule has 21 heavy (non-hydrogen) atoms. The number of hydrogen-bond donors (Lipinski definition) is 0. The highest BCUT2D eigenvalue weighted by Crippen LogP contribution is 2.30. The SMILES string of the molecule is CC1CN(C(=O)c2ccc(C(F)(F)F)cc2)C(C)(C)CO1. The van der Waals surface area contributed by atoms with Crippen molar-refractivity contribution in [2.24, 2.45) is 0 Å². The van der Waals surface area contributed by atoms with Crippen LogP contribution in [0, 0.1) is 0 Å². The van der Waals surface area contributed by atoms with Gasteiger partial charge in [0.05, 0.1) is 23.8 Å². The van der Waals surface area contributed by atoms with Gasteiger partial charge in [0.15, 0.2) is 0 Å². The maximum atomic E-state index is 12.5. The quantitative estimate of drug-likeness (QED) is 0.796. The Balaban J connectivity index is 2.23. The van der Waals surface area contributed by atoms with Gasteiger partial charge >= 0.3 is 6.18 Å². The van der Waals surface area contributed by atoms with Crippen molar-refractivity contribution in [1.29, 1.82) is 0 Å². The summed E-state index contributed by atoms with van der Waals surface area (Å²) in [6.45, 7) is 6.44. The summed E-state index contributed by atoms with van der Waals surface area (Å²) in [6, 6.07) is 4.32. The van der Waals surface area contributed by atoms with E-state index in [-0.39, 0.29) is 17.6 Å². The molecule has 0 radical (unpaired) electrons. The molecule has 1 aliphatic heterocycles. The Morgan fingerprint density at radius 1 is 1.29 bits per heavy atom. The maximum Gasteiger partial charge on any atom is 0.416 e. The summed E-state index contributed by atoms with van der Waals surface area (Å²) in [5, 5.41) is 0. The number of amides is 1. The first-order valence-corrected chi connectivity index (χ1v) is 6.72. The molecule has 0 spiro atoms. The lowest BCUT2D eigenvalue weighted by Crippen LogP contribution is -2.57. The molecule has 6 heteroatoms. The zero-order valence-corrected chi connectivity index (χ0v) is 12.2. The fourth-order valence-electron chi connectivity index (χ4n) is 2.30. The van der Waals surface area contributed by atoms with Gasteiger partial charge in [-0.05, 0) is 45.0 Å². The second-order valence-electron chi connectivity index (χ2n) is 5.92. The average molecular weight is 301 g/mol. The molecule has 1 fully saturated rings. The molecule has 1 saturated heterocycles. The van der Waals surface area contributed by atoms with Crippen molar-refractivity contribution in [1.82, 2.24) is 4.90 Å². The number of morpholine rings is 1. The molecule has 1 aromatic rings. The van der Waals surface area contributed by atoms with Gasteiger partial charge < -0.3 is 9.64 Å². The van der Waals surface area contributed by atoms with Gasteiger partial charge in [0, 0.05) is 12.1 Å². The van der Waals surface area contributed by atoms with Crippen LogP contribution in [0.2, 0.25) is 0 Å². The first-order chi connectivity index (χ1) is 9.61. The third-order valence-corrected chi connectivity index (χ3v) is 3.60. The van der Waals surface area contributed by atoms with E-state index in [1.54, 1.807) is 4.90 Å². The third kappa shape index (κ3) is 3.37. The monoisotopic (exact) mass is 301 g/mol. The van der Waals surface area contributed by atoms with Crippen LogP contribution >= 0.6 is 0 Å². The highest BCUT2D eigenvalue weighted by Gasteiger charge is 2.37. The predicted octanol–water partition coefficient (Wildman–Crippen LogP) is 3.34. The number of carbonyl (C=O) groups is 1. The number of ether oxygens (including phenoxy) is 1. The van der Waals surface area contributed by atoms with Gasteiger partial charge in [-0.25, -0.2) is 0 Å². The van der Waals surface area contributed by atoms with Crippen LogP contribution in [0.5, 0.6) is 0 Å². The van der Waals surface area contributed by atoms with E-state index in [1.165, 1.54) is 12.1 Å². The van der Waals surface area contributed by atoms with Crippen molar-refractivity contribution < 1.29 is 22.7 Å². The van der Waals surface area contributed by atoms with Crippen LogP contribution in [0.25, 0.3) is 0 Å². The molecule has 0 bridgehead atoms. The first kappa shape index (κ1) is 15.8. The number of alkyl halides is 3. The second-order valence-corrected chi connectivity index (χ2v) is 5.92. The summed E-state index contributed by atoms with van der Waals surface area (Å²) in [6.07, 6.45) is -4.48. The van der Waals surface area contributed by atoms with Crippen molar-refractivity contribution in [3.8, 4) is 0 Å². The molecule has 0 N–H and O–H groups in total. The molecule has 116 valence electrons. The highest BCUT2D eigenvalue weighted by molar-refractivity contribution is 5.94. The van der Waals surface area contributed by atoms with Crippen molar-refractivity contribution in [2.45, 2.75) is 38.6 Å². The molecule has 1 heterocycles. The number of hydrogen-bond acceptors (Lipinski definition) is 2. The fourth-order valence-corrected chi connectivity index (χ4v) is 2.30. The van der Waals surface area contributed by atoms with E-state index < -0.39 is 17.3 Å². The van der Waals surface area contributed by atoms with E-state index in [9.17, 15) is 18.0 Å². The Labute approximate surface area is 121 Å². The summed E-state index contributed by atoms with van der Waals surface area (Å²) in [7, 11) is 0. The zero-order chi connectivity index (χ0) is 15.8. The van der Waals surface area contributed by atoms with Crippen LogP contribution in [0.1, 0.15) is 36.7 Å². The maximum absolute atomic E-state index is 12.5. The molecular formula is C15H18F3NO2. The van der Waals surface area contributed by atoms with Crippen LogP contribution in [-0.2, 0) is 10.9 Å². The van der Waals surface area contributed by atoms with Crippen LogP contribution < -0.4 is 0 Å². The summed E-state index contributed by atoms with van der Waals surface area (Å²) in [5.74, 6) is -0.274. The Morgan fingerprint density at radius 2 is 1.86 bits per heavy atom. The lowest BCUT2D eigenvalue weighted by Gasteiger charge is -2.44. The van der Waals surface area contributed by atoms with E-state index in [1.807, 2.05) is 20.8 Å². The van der Waals surface area contributed by atoms with Gasteiger partial charge in [-0.15, -0.1) is 0 Å². The molecule has 0 saturated carbocycles. The Bertz CT molecular complexity index is 523.